The van der Waals surface area contributed by atoms with Crippen LogP contribution < -0.4 is 16.2 Å². The van der Waals surface area contributed by atoms with E-state index in [0.29, 0.717) is 23.6 Å². The van der Waals surface area contributed by atoms with Gasteiger partial charge in [0.2, 0.25) is 0 Å². The lowest BCUT2D eigenvalue weighted by Crippen LogP contribution is -2.14. The molecule has 5 nitrogen and oxygen atoms in total. The van der Waals surface area contributed by atoms with Crippen LogP contribution in [0.4, 0.5) is 5.69 Å². The standard InChI is InChI=1S/C9H10N2O3/c10-4-1-5(9(12)13)8-6(11)3-14-7(8)2-4/h1-2,6H,3,10-11H2,(H,12,13)/t6-/m0/s1. The van der Waals surface area contributed by atoms with Crippen LogP contribution in [0.15, 0.2) is 12.1 Å². The second-order valence-electron chi connectivity index (χ2n) is 3.20. The van der Waals surface area contributed by atoms with Crippen molar-refractivity contribution in [2.75, 3.05) is 12.3 Å². The van der Waals surface area contributed by atoms with Gasteiger partial charge in [-0.05, 0) is 6.07 Å². The first-order chi connectivity index (χ1) is 6.59. The number of carboxylic acids is 1. The van der Waals surface area contributed by atoms with E-state index >= 15 is 0 Å². The number of carboxylic acid groups (broad SMARTS) is 1. The zero-order valence-corrected chi connectivity index (χ0v) is 7.36. The van der Waals surface area contributed by atoms with Gasteiger partial charge in [0.25, 0.3) is 0 Å². The monoisotopic (exact) mass is 194 g/mol. The number of ether oxygens (including phenoxy) is 1. The average Bonchev–Trinajstić information content (AvgIpc) is 2.46. The summed E-state index contributed by atoms with van der Waals surface area (Å²) < 4.78 is 5.21. The third-order valence-electron chi connectivity index (χ3n) is 2.18. The highest BCUT2D eigenvalue weighted by Gasteiger charge is 2.27. The average molecular weight is 194 g/mol. The zero-order chi connectivity index (χ0) is 10.3. The van der Waals surface area contributed by atoms with E-state index in [-0.39, 0.29) is 11.6 Å². The Morgan fingerprint density at radius 2 is 2.29 bits per heavy atom. The Morgan fingerprint density at radius 1 is 1.57 bits per heavy atom. The SMILES string of the molecule is Nc1cc2c(c(C(=O)O)c1)[C@@H](N)CO2. The molecular formula is C9H10N2O3. The molecule has 1 aliphatic heterocycles. The molecule has 5 heteroatoms. The number of nitrogens with two attached hydrogens (primary N) is 2. The maximum Gasteiger partial charge on any atom is 0.336 e. The summed E-state index contributed by atoms with van der Waals surface area (Å²) in [6, 6.07) is 2.61. The van der Waals surface area contributed by atoms with Crippen LogP contribution >= 0.6 is 0 Å². The predicted molar refractivity (Wildman–Crippen MR) is 50.2 cm³/mol. The number of hydrogen-bond acceptors (Lipinski definition) is 4. The molecule has 1 atom stereocenters. The minimum absolute atomic E-state index is 0.130. The Morgan fingerprint density at radius 3 is 2.93 bits per heavy atom. The first-order valence-electron chi connectivity index (χ1n) is 4.14. The maximum atomic E-state index is 10.9. The topological polar surface area (TPSA) is 98.6 Å². The quantitative estimate of drug-likeness (QED) is 0.560. The lowest BCUT2D eigenvalue weighted by Gasteiger charge is -2.06. The highest BCUT2D eigenvalue weighted by atomic mass is 16.5. The first kappa shape index (κ1) is 8.83. The first-order valence-corrected chi connectivity index (χ1v) is 4.14. The van der Waals surface area contributed by atoms with Crippen molar-refractivity contribution in [2.24, 2.45) is 5.73 Å². The molecule has 1 heterocycles. The van der Waals surface area contributed by atoms with Gasteiger partial charge in [-0.25, -0.2) is 4.79 Å². The molecule has 0 aromatic heterocycles. The summed E-state index contributed by atoms with van der Waals surface area (Å²) in [7, 11) is 0. The van der Waals surface area contributed by atoms with E-state index in [1.807, 2.05) is 0 Å². The molecular weight excluding hydrogens is 184 g/mol. The summed E-state index contributed by atoms with van der Waals surface area (Å²) in [4.78, 5) is 10.9. The van der Waals surface area contributed by atoms with Crippen molar-refractivity contribution in [3.05, 3.63) is 23.3 Å². The summed E-state index contributed by atoms with van der Waals surface area (Å²) in [5.41, 5.74) is 12.3. The van der Waals surface area contributed by atoms with Crippen LogP contribution in [0, 0.1) is 0 Å². The molecule has 2 rings (SSSR count). The van der Waals surface area contributed by atoms with Crippen molar-refractivity contribution < 1.29 is 14.6 Å². The molecule has 74 valence electrons. The summed E-state index contributed by atoms with van der Waals surface area (Å²) >= 11 is 0. The Kier molecular flexibility index (Phi) is 1.82. The number of benzene rings is 1. The van der Waals surface area contributed by atoms with Gasteiger partial charge < -0.3 is 21.3 Å². The summed E-state index contributed by atoms with van der Waals surface area (Å²) in [6.45, 7) is 0.305. The number of hydrogen-bond donors (Lipinski definition) is 3. The van der Waals surface area contributed by atoms with Crippen LogP contribution in [-0.4, -0.2) is 17.7 Å². The van der Waals surface area contributed by atoms with Crippen molar-refractivity contribution in [3.63, 3.8) is 0 Å². The van der Waals surface area contributed by atoms with E-state index in [0.717, 1.165) is 0 Å². The molecule has 0 amide bonds. The van der Waals surface area contributed by atoms with Gasteiger partial charge in [0, 0.05) is 17.3 Å². The van der Waals surface area contributed by atoms with E-state index in [1.54, 1.807) is 6.07 Å². The van der Waals surface area contributed by atoms with E-state index < -0.39 is 5.97 Å². The Balaban J connectivity index is 2.65. The molecule has 0 aliphatic carbocycles. The largest absolute Gasteiger partial charge is 0.491 e. The van der Waals surface area contributed by atoms with Crippen LogP contribution in [0.25, 0.3) is 0 Å². The second-order valence-corrected chi connectivity index (χ2v) is 3.20. The van der Waals surface area contributed by atoms with Gasteiger partial charge in [-0.15, -0.1) is 0 Å². The predicted octanol–water partition coefficient (Wildman–Crippen LogP) is 0.359. The van der Waals surface area contributed by atoms with Gasteiger partial charge in [0.05, 0.1) is 11.6 Å². The van der Waals surface area contributed by atoms with Crippen LogP contribution in [0.2, 0.25) is 0 Å². The van der Waals surface area contributed by atoms with Gasteiger partial charge >= 0.3 is 5.97 Å². The van der Waals surface area contributed by atoms with Crippen molar-refractivity contribution in [3.8, 4) is 5.75 Å². The maximum absolute atomic E-state index is 10.9. The lowest BCUT2D eigenvalue weighted by molar-refractivity contribution is 0.0695. The Labute approximate surface area is 80.3 Å². The van der Waals surface area contributed by atoms with Crippen molar-refractivity contribution in [1.29, 1.82) is 0 Å². The molecule has 14 heavy (non-hydrogen) atoms. The molecule has 0 unspecified atom stereocenters. The smallest absolute Gasteiger partial charge is 0.336 e. The molecule has 0 fully saturated rings. The van der Waals surface area contributed by atoms with Crippen molar-refractivity contribution in [2.45, 2.75) is 6.04 Å². The fourth-order valence-electron chi connectivity index (χ4n) is 1.59. The second kappa shape index (κ2) is 2.88. The molecule has 0 bridgehead atoms. The Bertz CT molecular complexity index is 403. The molecule has 1 aromatic rings. The number of rotatable bonds is 1. The lowest BCUT2D eigenvalue weighted by atomic mass is 10.0. The molecule has 0 spiro atoms. The third kappa shape index (κ3) is 1.18. The van der Waals surface area contributed by atoms with Gasteiger partial charge in [-0.3, -0.25) is 0 Å². The summed E-state index contributed by atoms with van der Waals surface area (Å²) in [5, 5.41) is 8.92. The number of nitrogen functional groups attached to an aromatic ring is 1. The van der Waals surface area contributed by atoms with E-state index in [1.165, 1.54) is 6.07 Å². The molecule has 0 saturated carbocycles. The van der Waals surface area contributed by atoms with Gasteiger partial charge in [0.1, 0.15) is 12.4 Å². The highest BCUT2D eigenvalue weighted by Crippen LogP contribution is 2.35. The fraction of sp³-hybridized carbons (Fsp3) is 0.222. The number of carbonyl (C=O) groups is 1. The van der Waals surface area contributed by atoms with Gasteiger partial charge in [-0.2, -0.15) is 0 Å². The number of aromatic carboxylic acids is 1. The third-order valence-corrected chi connectivity index (χ3v) is 2.18. The normalized spacial score (nSPS) is 18.8. The van der Waals surface area contributed by atoms with Gasteiger partial charge in [-0.1, -0.05) is 0 Å². The van der Waals surface area contributed by atoms with E-state index in [4.69, 9.17) is 21.3 Å². The number of anilines is 1. The highest BCUT2D eigenvalue weighted by molar-refractivity contribution is 5.92. The van der Waals surface area contributed by atoms with E-state index in [9.17, 15) is 4.79 Å². The Hall–Kier alpha value is -1.75. The van der Waals surface area contributed by atoms with Crippen LogP contribution in [0.5, 0.6) is 5.75 Å². The van der Waals surface area contributed by atoms with Crippen LogP contribution in [-0.2, 0) is 0 Å². The minimum atomic E-state index is -1.03. The molecule has 5 N–H and O–H groups in total. The van der Waals surface area contributed by atoms with Crippen LogP contribution in [0.3, 0.4) is 0 Å². The summed E-state index contributed by atoms with van der Waals surface area (Å²) in [5.74, 6) is -0.551. The van der Waals surface area contributed by atoms with Gasteiger partial charge in [0.15, 0.2) is 0 Å². The molecule has 0 radical (unpaired) electrons. The zero-order valence-electron chi connectivity index (χ0n) is 7.36. The number of fused-ring (bicyclic) bond motifs is 1. The summed E-state index contributed by atoms with van der Waals surface area (Å²) in [6.07, 6.45) is 0. The van der Waals surface area contributed by atoms with Crippen molar-refractivity contribution in [1.82, 2.24) is 0 Å². The van der Waals surface area contributed by atoms with E-state index in [2.05, 4.69) is 0 Å². The molecule has 1 aliphatic rings. The van der Waals surface area contributed by atoms with Crippen LogP contribution in [0.1, 0.15) is 22.0 Å². The molecule has 1 aromatic carbocycles. The fourth-order valence-corrected chi connectivity index (χ4v) is 1.59. The minimum Gasteiger partial charge on any atom is -0.491 e. The van der Waals surface area contributed by atoms with Crippen molar-refractivity contribution >= 4 is 11.7 Å². The molecule has 0 saturated heterocycles.